The van der Waals surface area contributed by atoms with E-state index in [1.807, 2.05) is 19.9 Å². The van der Waals surface area contributed by atoms with Crippen LogP contribution in [0.4, 0.5) is 0 Å². The molecule has 4 heteroatoms. The highest BCUT2D eigenvalue weighted by Crippen LogP contribution is 2.38. The summed E-state index contributed by atoms with van der Waals surface area (Å²) in [7, 11) is 1.60. The van der Waals surface area contributed by atoms with Crippen LogP contribution in [0.25, 0.3) is 0 Å². The van der Waals surface area contributed by atoms with Gasteiger partial charge in [-0.1, -0.05) is 0 Å². The van der Waals surface area contributed by atoms with Gasteiger partial charge in [0.2, 0.25) is 5.75 Å². The molecule has 2 rings (SSSR count). The molecule has 0 unspecified atom stereocenters. The Labute approximate surface area is 95.5 Å². The fraction of sp³-hybridized carbons (Fsp3) is 0.583. The van der Waals surface area contributed by atoms with Gasteiger partial charge in [0.1, 0.15) is 0 Å². The lowest BCUT2D eigenvalue weighted by Crippen LogP contribution is -2.09. The molecule has 0 aromatic carbocycles. The number of hydrogen-bond acceptors (Lipinski definition) is 4. The first-order valence-electron chi connectivity index (χ1n) is 5.57. The summed E-state index contributed by atoms with van der Waals surface area (Å²) >= 11 is 0. The van der Waals surface area contributed by atoms with E-state index >= 15 is 0 Å². The van der Waals surface area contributed by atoms with E-state index in [0.717, 1.165) is 18.6 Å². The zero-order chi connectivity index (χ0) is 11.5. The van der Waals surface area contributed by atoms with E-state index in [-0.39, 0.29) is 6.10 Å². The standard InChI is InChI=1S/C12H17NO3/c1-8(2)15-12-11(14-3)10(6-7-13-12)16-9-4-5-9/h6-9H,4-5H2,1-3H3. The summed E-state index contributed by atoms with van der Waals surface area (Å²) in [5.74, 6) is 1.80. The van der Waals surface area contributed by atoms with Crippen molar-refractivity contribution in [2.24, 2.45) is 0 Å². The molecule has 0 saturated heterocycles. The highest BCUT2D eigenvalue weighted by Gasteiger charge is 2.26. The molecule has 1 aliphatic carbocycles. The summed E-state index contributed by atoms with van der Waals surface area (Å²) < 4.78 is 16.6. The van der Waals surface area contributed by atoms with Gasteiger partial charge in [0, 0.05) is 12.3 Å². The molecule has 0 bridgehead atoms. The second-order valence-electron chi connectivity index (χ2n) is 4.13. The molecule has 1 aliphatic rings. The Morgan fingerprint density at radius 3 is 2.69 bits per heavy atom. The number of rotatable bonds is 5. The monoisotopic (exact) mass is 223 g/mol. The highest BCUT2D eigenvalue weighted by atomic mass is 16.5. The molecule has 0 radical (unpaired) electrons. The van der Waals surface area contributed by atoms with E-state index < -0.39 is 0 Å². The summed E-state index contributed by atoms with van der Waals surface area (Å²) in [6.45, 7) is 3.91. The minimum absolute atomic E-state index is 0.0672. The van der Waals surface area contributed by atoms with E-state index in [1.54, 1.807) is 13.3 Å². The largest absolute Gasteiger partial charge is 0.489 e. The normalized spacial score (nSPS) is 15.0. The van der Waals surface area contributed by atoms with Crippen LogP contribution in [-0.2, 0) is 0 Å². The van der Waals surface area contributed by atoms with Crippen molar-refractivity contribution in [3.8, 4) is 17.4 Å². The Bertz CT molecular complexity index is 339. The molecule has 4 nitrogen and oxygen atoms in total. The molecule has 88 valence electrons. The third kappa shape index (κ3) is 2.56. The molecular weight excluding hydrogens is 206 g/mol. The summed E-state index contributed by atoms with van der Waals surface area (Å²) in [4.78, 5) is 4.15. The van der Waals surface area contributed by atoms with Crippen LogP contribution >= 0.6 is 0 Å². The molecule has 0 N–H and O–H groups in total. The first-order chi connectivity index (χ1) is 7.70. The Hall–Kier alpha value is -1.45. The van der Waals surface area contributed by atoms with Crippen LogP contribution in [0.3, 0.4) is 0 Å². The highest BCUT2D eigenvalue weighted by molar-refractivity contribution is 5.46. The van der Waals surface area contributed by atoms with Crippen molar-refractivity contribution in [1.29, 1.82) is 0 Å². The quantitative estimate of drug-likeness (QED) is 0.768. The minimum Gasteiger partial charge on any atom is -0.489 e. The van der Waals surface area contributed by atoms with Crippen molar-refractivity contribution >= 4 is 0 Å². The van der Waals surface area contributed by atoms with Gasteiger partial charge >= 0.3 is 0 Å². The minimum atomic E-state index is 0.0672. The lowest BCUT2D eigenvalue weighted by molar-refractivity contribution is 0.212. The first-order valence-corrected chi connectivity index (χ1v) is 5.57. The van der Waals surface area contributed by atoms with E-state index in [1.165, 1.54) is 0 Å². The number of methoxy groups -OCH3 is 1. The first kappa shape index (κ1) is 11.0. The summed E-state index contributed by atoms with van der Waals surface area (Å²) in [6.07, 6.45) is 4.32. The average Bonchev–Trinajstić information content (AvgIpc) is 3.01. The summed E-state index contributed by atoms with van der Waals surface area (Å²) in [6, 6.07) is 1.81. The Morgan fingerprint density at radius 1 is 1.38 bits per heavy atom. The number of ether oxygens (including phenoxy) is 3. The van der Waals surface area contributed by atoms with Crippen LogP contribution in [0.15, 0.2) is 12.3 Å². The van der Waals surface area contributed by atoms with Gasteiger partial charge in [-0.05, 0) is 26.7 Å². The molecule has 0 spiro atoms. The van der Waals surface area contributed by atoms with Crippen LogP contribution in [-0.4, -0.2) is 24.3 Å². The molecule has 1 saturated carbocycles. The second kappa shape index (κ2) is 4.60. The zero-order valence-electron chi connectivity index (χ0n) is 9.90. The van der Waals surface area contributed by atoms with E-state index in [9.17, 15) is 0 Å². The van der Waals surface area contributed by atoms with Crippen molar-refractivity contribution in [1.82, 2.24) is 4.98 Å². The zero-order valence-corrected chi connectivity index (χ0v) is 9.90. The van der Waals surface area contributed by atoms with Crippen molar-refractivity contribution in [3.63, 3.8) is 0 Å². The molecule has 1 aromatic rings. The Balaban J connectivity index is 2.21. The SMILES string of the molecule is COc1c(OC2CC2)ccnc1OC(C)C. The smallest absolute Gasteiger partial charge is 0.261 e. The summed E-state index contributed by atoms with van der Waals surface area (Å²) in [5.41, 5.74) is 0. The van der Waals surface area contributed by atoms with Crippen molar-refractivity contribution in [3.05, 3.63) is 12.3 Å². The van der Waals surface area contributed by atoms with Gasteiger partial charge in [0.15, 0.2) is 5.75 Å². The fourth-order valence-electron chi connectivity index (χ4n) is 1.37. The maximum Gasteiger partial charge on any atom is 0.261 e. The molecule has 1 aromatic heterocycles. The maximum absolute atomic E-state index is 5.72. The van der Waals surface area contributed by atoms with Crippen molar-refractivity contribution < 1.29 is 14.2 Å². The third-order valence-corrected chi connectivity index (χ3v) is 2.21. The maximum atomic E-state index is 5.72. The fourth-order valence-corrected chi connectivity index (χ4v) is 1.37. The van der Waals surface area contributed by atoms with E-state index in [0.29, 0.717) is 17.7 Å². The lowest BCUT2D eigenvalue weighted by atomic mass is 10.4. The lowest BCUT2D eigenvalue weighted by Gasteiger charge is -2.15. The van der Waals surface area contributed by atoms with Gasteiger partial charge in [0.25, 0.3) is 5.88 Å². The van der Waals surface area contributed by atoms with Gasteiger partial charge in [-0.3, -0.25) is 0 Å². The van der Waals surface area contributed by atoms with Crippen LogP contribution in [0, 0.1) is 0 Å². The molecule has 0 aliphatic heterocycles. The number of pyridine rings is 1. The van der Waals surface area contributed by atoms with Gasteiger partial charge in [-0.2, -0.15) is 0 Å². The van der Waals surface area contributed by atoms with E-state index in [4.69, 9.17) is 14.2 Å². The molecule has 1 heterocycles. The second-order valence-corrected chi connectivity index (χ2v) is 4.13. The molecule has 0 amide bonds. The number of nitrogens with zero attached hydrogens (tertiary/aromatic N) is 1. The average molecular weight is 223 g/mol. The van der Waals surface area contributed by atoms with E-state index in [2.05, 4.69) is 4.98 Å². The third-order valence-electron chi connectivity index (χ3n) is 2.21. The predicted octanol–water partition coefficient (Wildman–Crippen LogP) is 2.42. The molecular formula is C12H17NO3. The van der Waals surface area contributed by atoms with Crippen LogP contribution in [0.2, 0.25) is 0 Å². The molecule has 16 heavy (non-hydrogen) atoms. The summed E-state index contributed by atoms with van der Waals surface area (Å²) in [5, 5.41) is 0. The van der Waals surface area contributed by atoms with Crippen LogP contribution < -0.4 is 14.2 Å². The van der Waals surface area contributed by atoms with Crippen molar-refractivity contribution in [2.45, 2.75) is 38.9 Å². The number of hydrogen-bond donors (Lipinski definition) is 0. The molecule has 1 fully saturated rings. The van der Waals surface area contributed by atoms with Gasteiger partial charge < -0.3 is 14.2 Å². The van der Waals surface area contributed by atoms with Gasteiger partial charge in [-0.15, -0.1) is 0 Å². The topological polar surface area (TPSA) is 40.6 Å². The van der Waals surface area contributed by atoms with Crippen LogP contribution in [0.5, 0.6) is 17.4 Å². The van der Waals surface area contributed by atoms with Crippen LogP contribution in [0.1, 0.15) is 26.7 Å². The van der Waals surface area contributed by atoms with Gasteiger partial charge in [-0.25, -0.2) is 4.98 Å². The Morgan fingerprint density at radius 2 is 2.12 bits per heavy atom. The van der Waals surface area contributed by atoms with Gasteiger partial charge in [0.05, 0.1) is 19.3 Å². The Kier molecular flexibility index (Phi) is 3.17. The molecule has 0 atom stereocenters. The number of aromatic nitrogens is 1. The predicted molar refractivity (Wildman–Crippen MR) is 60.2 cm³/mol. The van der Waals surface area contributed by atoms with Crippen molar-refractivity contribution in [2.75, 3.05) is 7.11 Å².